The largest absolute Gasteiger partial charge is 0.497 e. The highest BCUT2D eigenvalue weighted by atomic mass is 35.5. The van der Waals surface area contributed by atoms with Gasteiger partial charge in [0.2, 0.25) is 0 Å². The maximum absolute atomic E-state index is 9.48. The molecule has 0 fully saturated rings. The number of fused-ring (bicyclic) bond motifs is 1. The molecule has 108 valence electrons. The molecular formula is C17H10Cl2N2O. The summed E-state index contributed by atoms with van der Waals surface area (Å²) in [5, 5.41) is 11.0. The second-order valence-corrected chi connectivity index (χ2v) is 5.45. The molecule has 0 atom stereocenters. The van der Waals surface area contributed by atoms with E-state index < -0.39 is 0 Å². The Morgan fingerprint density at radius 3 is 2.64 bits per heavy atom. The van der Waals surface area contributed by atoms with Gasteiger partial charge < -0.3 is 4.74 Å². The maximum atomic E-state index is 9.48. The van der Waals surface area contributed by atoms with E-state index in [0.29, 0.717) is 27.4 Å². The highest BCUT2D eigenvalue weighted by molar-refractivity contribution is 6.32. The second-order valence-electron chi connectivity index (χ2n) is 4.66. The van der Waals surface area contributed by atoms with Crippen molar-refractivity contribution in [2.24, 2.45) is 0 Å². The van der Waals surface area contributed by atoms with Crippen LogP contribution in [0.15, 0.2) is 42.5 Å². The van der Waals surface area contributed by atoms with E-state index >= 15 is 0 Å². The number of halogens is 2. The van der Waals surface area contributed by atoms with Crippen molar-refractivity contribution in [1.29, 1.82) is 5.26 Å². The predicted molar refractivity (Wildman–Crippen MR) is 88.5 cm³/mol. The van der Waals surface area contributed by atoms with Crippen molar-refractivity contribution in [2.45, 2.75) is 0 Å². The number of pyridine rings is 1. The minimum Gasteiger partial charge on any atom is -0.497 e. The predicted octanol–water partition coefficient (Wildman–Crippen LogP) is 5.09. The molecule has 22 heavy (non-hydrogen) atoms. The van der Waals surface area contributed by atoms with Gasteiger partial charge in [0, 0.05) is 16.0 Å². The number of nitriles is 1. The third kappa shape index (κ3) is 2.48. The van der Waals surface area contributed by atoms with Crippen molar-refractivity contribution in [3.8, 4) is 22.9 Å². The Morgan fingerprint density at radius 1 is 1.14 bits per heavy atom. The summed E-state index contributed by atoms with van der Waals surface area (Å²) in [6, 6.07) is 14.9. The zero-order valence-corrected chi connectivity index (χ0v) is 13.1. The van der Waals surface area contributed by atoms with Gasteiger partial charge in [0.15, 0.2) is 0 Å². The number of nitrogens with zero attached hydrogens (tertiary/aromatic N) is 2. The highest BCUT2D eigenvalue weighted by Crippen LogP contribution is 2.36. The lowest BCUT2D eigenvalue weighted by atomic mass is 9.97. The van der Waals surface area contributed by atoms with Crippen molar-refractivity contribution in [3.05, 3.63) is 58.2 Å². The number of ether oxygens (including phenoxy) is 1. The summed E-state index contributed by atoms with van der Waals surface area (Å²) >= 11 is 12.3. The molecule has 0 saturated heterocycles. The summed E-state index contributed by atoms with van der Waals surface area (Å²) < 4.78 is 5.27. The smallest absolute Gasteiger partial charge is 0.148 e. The Bertz CT molecular complexity index is 916. The zero-order chi connectivity index (χ0) is 15.7. The summed E-state index contributed by atoms with van der Waals surface area (Å²) in [5.41, 5.74) is 2.54. The molecular weight excluding hydrogens is 319 g/mol. The van der Waals surface area contributed by atoms with E-state index in [0.717, 1.165) is 10.9 Å². The molecule has 2 aromatic carbocycles. The molecule has 0 amide bonds. The van der Waals surface area contributed by atoms with Crippen LogP contribution in [-0.4, -0.2) is 12.1 Å². The topological polar surface area (TPSA) is 45.9 Å². The molecule has 0 spiro atoms. The number of hydrogen-bond donors (Lipinski definition) is 0. The SMILES string of the molecule is COc1ccc2nc(Cl)c(C#N)c(-c3cccc(Cl)c3)c2c1. The van der Waals surface area contributed by atoms with E-state index in [4.69, 9.17) is 27.9 Å². The van der Waals surface area contributed by atoms with Crippen molar-refractivity contribution < 1.29 is 4.74 Å². The minimum absolute atomic E-state index is 0.176. The van der Waals surface area contributed by atoms with Crippen LogP contribution in [0.4, 0.5) is 0 Å². The summed E-state index contributed by atoms with van der Waals surface area (Å²) in [4.78, 5) is 4.28. The normalized spacial score (nSPS) is 10.5. The van der Waals surface area contributed by atoms with Crippen molar-refractivity contribution in [2.75, 3.05) is 7.11 Å². The lowest BCUT2D eigenvalue weighted by Crippen LogP contribution is -1.94. The first-order valence-corrected chi connectivity index (χ1v) is 7.23. The molecule has 0 unspecified atom stereocenters. The first kappa shape index (κ1) is 14.6. The molecule has 3 aromatic rings. The molecule has 0 aliphatic heterocycles. The van der Waals surface area contributed by atoms with Crippen LogP contribution in [0.25, 0.3) is 22.0 Å². The van der Waals surface area contributed by atoms with E-state index in [1.165, 1.54) is 0 Å². The fraction of sp³-hybridized carbons (Fsp3) is 0.0588. The summed E-state index contributed by atoms with van der Waals surface area (Å²) in [6.07, 6.45) is 0. The minimum atomic E-state index is 0.176. The number of benzene rings is 2. The Hall–Kier alpha value is -2.28. The molecule has 0 radical (unpaired) electrons. The van der Waals surface area contributed by atoms with Crippen molar-refractivity contribution >= 4 is 34.1 Å². The van der Waals surface area contributed by atoms with Gasteiger partial charge >= 0.3 is 0 Å². The zero-order valence-electron chi connectivity index (χ0n) is 11.6. The van der Waals surface area contributed by atoms with Crippen molar-refractivity contribution in [3.63, 3.8) is 0 Å². The van der Waals surface area contributed by atoms with Crippen LogP contribution in [0.1, 0.15) is 5.56 Å². The van der Waals surface area contributed by atoms with Gasteiger partial charge in [0.25, 0.3) is 0 Å². The average Bonchev–Trinajstić information content (AvgIpc) is 2.53. The van der Waals surface area contributed by atoms with Crippen LogP contribution in [0.5, 0.6) is 5.75 Å². The molecule has 1 heterocycles. The first-order valence-electron chi connectivity index (χ1n) is 6.47. The second kappa shape index (κ2) is 5.84. The van der Waals surface area contributed by atoms with Gasteiger partial charge in [0.05, 0.1) is 18.2 Å². The fourth-order valence-electron chi connectivity index (χ4n) is 2.39. The number of rotatable bonds is 2. The molecule has 0 bridgehead atoms. The summed E-state index contributed by atoms with van der Waals surface area (Å²) in [7, 11) is 1.59. The highest BCUT2D eigenvalue weighted by Gasteiger charge is 2.16. The van der Waals surface area contributed by atoms with E-state index in [1.54, 1.807) is 25.3 Å². The third-order valence-corrected chi connectivity index (χ3v) is 3.88. The number of methoxy groups -OCH3 is 1. The monoisotopic (exact) mass is 328 g/mol. The van der Waals surface area contributed by atoms with Crippen LogP contribution >= 0.6 is 23.2 Å². The van der Waals surface area contributed by atoms with Gasteiger partial charge in [-0.15, -0.1) is 0 Å². The van der Waals surface area contributed by atoms with E-state index in [-0.39, 0.29) is 5.15 Å². The van der Waals surface area contributed by atoms with E-state index in [2.05, 4.69) is 11.1 Å². The van der Waals surface area contributed by atoms with Crippen LogP contribution in [0.3, 0.4) is 0 Å². The van der Waals surface area contributed by atoms with Crippen LogP contribution in [0, 0.1) is 11.3 Å². The lowest BCUT2D eigenvalue weighted by molar-refractivity contribution is 0.415. The number of aromatic nitrogens is 1. The fourth-order valence-corrected chi connectivity index (χ4v) is 2.80. The lowest BCUT2D eigenvalue weighted by Gasteiger charge is -2.12. The van der Waals surface area contributed by atoms with E-state index in [1.807, 2.05) is 24.3 Å². The number of hydrogen-bond acceptors (Lipinski definition) is 3. The van der Waals surface area contributed by atoms with Gasteiger partial charge in [-0.25, -0.2) is 4.98 Å². The molecule has 3 nitrogen and oxygen atoms in total. The maximum Gasteiger partial charge on any atom is 0.148 e. The molecule has 0 N–H and O–H groups in total. The van der Waals surface area contributed by atoms with Crippen LogP contribution in [0.2, 0.25) is 10.2 Å². The average molecular weight is 329 g/mol. The van der Waals surface area contributed by atoms with E-state index in [9.17, 15) is 5.26 Å². The Balaban J connectivity index is 2.45. The van der Waals surface area contributed by atoms with Gasteiger partial charge in [-0.1, -0.05) is 35.3 Å². The summed E-state index contributed by atoms with van der Waals surface area (Å²) in [6.45, 7) is 0. The Labute approximate surface area is 137 Å². The Kier molecular flexibility index (Phi) is 3.89. The van der Waals surface area contributed by atoms with Crippen molar-refractivity contribution in [1.82, 2.24) is 4.98 Å². The van der Waals surface area contributed by atoms with Gasteiger partial charge in [-0.3, -0.25) is 0 Å². The quantitative estimate of drug-likeness (QED) is 0.615. The van der Waals surface area contributed by atoms with Gasteiger partial charge in [-0.05, 0) is 35.9 Å². The molecule has 1 aromatic heterocycles. The molecule has 0 aliphatic rings. The van der Waals surface area contributed by atoms with Gasteiger partial charge in [0.1, 0.15) is 17.0 Å². The molecule has 3 rings (SSSR count). The van der Waals surface area contributed by atoms with Crippen LogP contribution < -0.4 is 4.74 Å². The van der Waals surface area contributed by atoms with Crippen LogP contribution in [-0.2, 0) is 0 Å². The molecule has 0 aliphatic carbocycles. The van der Waals surface area contributed by atoms with Gasteiger partial charge in [-0.2, -0.15) is 5.26 Å². The molecule has 5 heteroatoms. The third-order valence-electron chi connectivity index (χ3n) is 3.37. The summed E-state index contributed by atoms with van der Waals surface area (Å²) in [5.74, 6) is 0.684. The molecule has 0 saturated carbocycles. The standard InChI is InChI=1S/C17H10Cl2N2O/c1-22-12-5-6-15-13(8-12)16(14(9-20)17(19)21-15)10-3-2-4-11(18)7-10/h2-8H,1H3. The first-order chi connectivity index (χ1) is 10.6. The Morgan fingerprint density at radius 2 is 1.95 bits per heavy atom.